The number of carbonyl (C=O) groups is 1. The van der Waals surface area contributed by atoms with Crippen molar-refractivity contribution in [3.63, 3.8) is 0 Å². The van der Waals surface area contributed by atoms with Crippen LogP contribution in [-0.2, 0) is 26.0 Å². The van der Waals surface area contributed by atoms with Gasteiger partial charge in [0, 0.05) is 0 Å². The van der Waals surface area contributed by atoms with Crippen LogP contribution in [0, 0.1) is 5.92 Å². The van der Waals surface area contributed by atoms with Crippen molar-refractivity contribution in [3.05, 3.63) is 35.4 Å². The van der Waals surface area contributed by atoms with Crippen LogP contribution in [0.5, 0.6) is 0 Å². The zero-order chi connectivity index (χ0) is 15.6. The fraction of sp³-hybridized carbons (Fsp3) is 0.562. The van der Waals surface area contributed by atoms with Crippen molar-refractivity contribution in [2.24, 2.45) is 5.92 Å². The average molecular weight is 323 g/mol. The smallest absolute Gasteiger partial charge is 0.236 e. The molecule has 1 fully saturated rings. The standard InChI is InChI=1S/C16H21NO4S/c18-16(17-22(19,20)11-12-4-3-5-12)10-15-14-7-2-1-6-13(14)8-9-21-15/h1-2,6-7,12,15H,3-5,8-11H2,(H,17,18)/t15-/m1/s1. The molecule has 3 rings (SSSR count). The molecule has 2 aliphatic rings. The van der Waals surface area contributed by atoms with Gasteiger partial charge in [-0.05, 0) is 36.3 Å². The summed E-state index contributed by atoms with van der Waals surface area (Å²) in [4.78, 5) is 12.1. The summed E-state index contributed by atoms with van der Waals surface area (Å²) < 4.78 is 31.8. The third-order valence-corrected chi connectivity index (χ3v) is 5.86. The Bertz CT molecular complexity index is 652. The second kappa shape index (κ2) is 6.38. The molecule has 0 radical (unpaired) electrons. The monoisotopic (exact) mass is 323 g/mol. The molecule has 1 N–H and O–H groups in total. The van der Waals surface area contributed by atoms with Gasteiger partial charge in [0.05, 0.1) is 24.9 Å². The lowest BCUT2D eigenvalue weighted by molar-refractivity contribution is -0.122. The number of hydrogen-bond donors (Lipinski definition) is 1. The van der Waals surface area contributed by atoms with E-state index in [0.29, 0.717) is 6.61 Å². The first-order valence-corrected chi connectivity index (χ1v) is 9.41. The van der Waals surface area contributed by atoms with Crippen LogP contribution in [0.1, 0.15) is 42.9 Å². The molecular weight excluding hydrogens is 302 g/mol. The summed E-state index contributed by atoms with van der Waals surface area (Å²) in [6, 6.07) is 7.83. The molecule has 120 valence electrons. The maximum absolute atomic E-state index is 12.1. The van der Waals surface area contributed by atoms with Crippen LogP contribution in [0.4, 0.5) is 0 Å². The number of carbonyl (C=O) groups excluding carboxylic acids is 1. The molecule has 1 aromatic carbocycles. The van der Waals surface area contributed by atoms with Crippen LogP contribution in [0.25, 0.3) is 0 Å². The lowest BCUT2D eigenvalue weighted by atomic mass is 9.87. The maximum Gasteiger partial charge on any atom is 0.236 e. The topological polar surface area (TPSA) is 72.5 Å². The third-order valence-electron chi connectivity index (χ3n) is 4.41. The zero-order valence-corrected chi connectivity index (χ0v) is 13.3. The van der Waals surface area contributed by atoms with Crippen LogP contribution in [0.3, 0.4) is 0 Å². The van der Waals surface area contributed by atoms with Gasteiger partial charge in [-0.2, -0.15) is 0 Å². The largest absolute Gasteiger partial charge is 0.373 e. The Morgan fingerprint density at radius 1 is 1.27 bits per heavy atom. The van der Waals surface area contributed by atoms with Gasteiger partial charge >= 0.3 is 0 Å². The van der Waals surface area contributed by atoms with E-state index in [1.807, 2.05) is 24.3 Å². The fourth-order valence-electron chi connectivity index (χ4n) is 3.04. The van der Waals surface area contributed by atoms with E-state index in [0.717, 1.165) is 31.2 Å². The molecule has 0 bridgehead atoms. The normalized spacial score (nSPS) is 21.7. The molecule has 0 saturated heterocycles. The number of hydrogen-bond acceptors (Lipinski definition) is 4. The first kappa shape index (κ1) is 15.5. The minimum Gasteiger partial charge on any atom is -0.373 e. The van der Waals surface area contributed by atoms with Gasteiger partial charge in [-0.3, -0.25) is 9.52 Å². The predicted molar refractivity (Wildman–Crippen MR) is 82.7 cm³/mol. The molecule has 0 spiro atoms. The van der Waals surface area contributed by atoms with Gasteiger partial charge in [0.25, 0.3) is 0 Å². The number of rotatable bonds is 5. The summed E-state index contributed by atoms with van der Waals surface area (Å²) in [7, 11) is -3.52. The van der Waals surface area contributed by atoms with Gasteiger partial charge in [-0.15, -0.1) is 0 Å². The average Bonchev–Trinajstić information content (AvgIpc) is 2.43. The van der Waals surface area contributed by atoms with Crippen LogP contribution in [-0.4, -0.2) is 26.7 Å². The molecule has 1 aliphatic carbocycles. The van der Waals surface area contributed by atoms with Crippen molar-refractivity contribution in [2.45, 2.75) is 38.2 Å². The van der Waals surface area contributed by atoms with E-state index in [9.17, 15) is 13.2 Å². The first-order valence-electron chi connectivity index (χ1n) is 7.76. The summed E-state index contributed by atoms with van der Waals surface area (Å²) >= 11 is 0. The van der Waals surface area contributed by atoms with Crippen molar-refractivity contribution in [2.75, 3.05) is 12.4 Å². The Balaban J connectivity index is 1.60. The van der Waals surface area contributed by atoms with Crippen molar-refractivity contribution < 1.29 is 17.9 Å². The lowest BCUT2D eigenvalue weighted by Crippen LogP contribution is -2.37. The molecule has 1 saturated carbocycles. The Labute approximate surface area is 131 Å². The molecule has 1 atom stereocenters. The molecule has 5 nitrogen and oxygen atoms in total. The van der Waals surface area contributed by atoms with Crippen molar-refractivity contribution in [1.29, 1.82) is 0 Å². The van der Waals surface area contributed by atoms with Crippen LogP contribution in [0.15, 0.2) is 24.3 Å². The zero-order valence-electron chi connectivity index (χ0n) is 12.5. The summed E-state index contributed by atoms with van der Waals surface area (Å²) in [5.41, 5.74) is 2.16. The van der Waals surface area contributed by atoms with E-state index >= 15 is 0 Å². The molecule has 0 unspecified atom stereocenters. The van der Waals surface area contributed by atoms with Crippen molar-refractivity contribution >= 4 is 15.9 Å². The second-order valence-electron chi connectivity index (χ2n) is 6.12. The molecular formula is C16H21NO4S. The molecule has 0 aromatic heterocycles. The summed E-state index contributed by atoms with van der Waals surface area (Å²) in [6.07, 6.45) is 3.47. The molecule has 6 heteroatoms. The second-order valence-corrected chi connectivity index (χ2v) is 7.88. The predicted octanol–water partition coefficient (Wildman–Crippen LogP) is 1.94. The van der Waals surface area contributed by atoms with Gasteiger partial charge in [-0.25, -0.2) is 8.42 Å². The van der Waals surface area contributed by atoms with Crippen molar-refractivity contribution in [3.8, 4) is 0 Å². The number of sulfonamides is 1. The van der Waals surface area contributed by atoms with E-state index in [4.69, 9.17) is 4.74 Å². The molecule has 1 amide bonds. The minimum absolute atomic E-state index is 0.0426. The summed E-state index contributed by atoms with van der Waals surface area (Å²) in [6.45, 7) is 0.559. The highest BCUT2D eigenvalue weighted by Gasteiger charge is 2.28. The fourth-order valence-corrected chi connectivity index (χ4v) is 4.51. The van der Waals surface area contributed by atoms with Gasteiger partial charge in [0.15, 0.2) is 0 Å². The van der Waals surface area contributed by atoms with E-state index in [1.165, 1.54) is 5.56 Å². The van der Waals surface area contributed by atoms with Gasteiger partial charge in [-0.1, -0.05) is 30.7 Å². The Morgan fingerprint density at radius 3 is 2.77 bits per heavy atom. The van der Waals surface area contributed by atoms with Gasteiger partial charge in [0.1, 0.15) is 0 Å². The van der Waals surface area contributed by atoms with E-state index < -0.39 is 15.9 Å². The first-order chi connectivity index (χ1) is 10.5. The van der Waals surface area contributed by atoms with E-state index in [1.54, 1.807) is 0 Å². The third kappa shape index (κ3) is 3.67. The molecule has 1 aromatic rings. The van der Waals surface area contributed by atoms with Crippen molar-refractivity contribution in [1.82, 2.24) is 4.72 Å². The highest BCUT2D eigenvalue weighted by atomic mass is 32.2. The molecule has 22 heavy (non-hydrogen) atoms. The van der Waals surface area contributed by atoms with E-state index in [2.05, 4.69) is 4.72 Å². The number of ether oxygens (including phenoxy) is 1. The SMILES string of the molecule is O=C(C[C@H]1OCCc2ccccc21)NS(=O)(=O)CC1CCC1. The van der Waals surface area contributed by atoms with Crippen LogP contribution < -0.4 is 4.72 Å². The quantitative estimate of drug-likeness (QED) is 0.899. The number of amides is 1. The Kier molecular flexibility index (Phi) is 4.49. The number of nitrogens with one attached hydrogen (secondary N) is 1. The van der Waals surface area contributed by atoms with Gasteiger partial charge in [0.2, 0.25) is 15.9 Å². The lowest BCUT2D eigenvalue weighted by Gasteiger charge is -2.26. The van der Waals surface area contributed by atoms with Crippen LogP contribution in [0.2, 0.25) is 0 Å². The highest BCUT2D eigenvalue weighted by Crippen LogP contribution is 2.30. The molecule has 1 heterocycles. The number of fused-ring (bicyclic) bond motifs is 1. The van der Waals surface area contributed by atoms with E-state index in [-0.39, 0.29) is 24.2 Å². The summed E-state index contributed by atoms with van der Waals surface area (Å²) in [5.74, 6) is -0.223. The number of benzene rings is 1. The minimum atomic E-state index is -3.52. The summed E-state index contributed by atoms with van der Waals surface area (Å²) in [5, 5.41) is 0. The molecule has 1 aliphatic heterocycles. The maximum atomic E-state index is 12.1. The highest BCUT2D eigenvalue weighted by molar-refractivity contribution is 7.90. The van der Waals surface area contributed by atoms with Crippen LogP contribution >= 0.6 is 0 Å². The van der Waals surface area contributed by atoms with Gasteiger partial charge < -0.3 is 4.74 Å². The Hall–Kier alpha value is -1.40. The Morgan fingerprint density at radius 2 is 2.05 bits per heavy atom.